The molecule has 1 aliphatic carbocycles. The molecular weight excluding hydrogens is 224 g/mol. The number of hydrogen-bond acceptors (Lipinski definition) is 4. The van der Waals surface area contributed by atoms with E-state index in [1.165, 1.54) is 0 Å². The molecule has 96 valence electrons. The van der Waals surface area contributed by atoms with Crippen molar-refractivity contribution in [3.8, 4) is 6.07 Å². The summed E-state index contributed by atoms with van der Waals surface area (Å²) in [5.74, 6) is 0. The third kappa shape index (κ3) is 3.06. The van der Waals surface area contributed by atoms with Gasteiger partial charge in [-0.15, -0.1) is 0 Å². The number of nitrogens with zero attached hydrogens (tertiary/aromatic N) is 3. The average Bonchev–Trinajstić information content (AvgIpc) is 2.40. The van der Waals surface area contributed by atoms with Crippen LogP contribution in [0.3, 0.4) is 0 Å². The third-order valence-electron chi connectivity index (χ3n) is 3.83. The van der Waals surface area contributed by atoms with Gasteiger partial charge in [0.2, 0.25) is 0 Å². The molecule has 1 aromatic rings. The highest BCUT2D eigenvalue weighted by Gasteiger charge is 2.32. The van der Waals surface area contributed by atoms with Crippen LogP contribution >= 0.6 is 0 Å². The maximum absolute atomic E-state index is 9.01. The van der Waals surface area contributed by atoms with E-state index >= 15 is 0 Å². The van der Waals surface area contributed by atoms with Crippen LogP contribution in [-0.4, -0.2) is 28.5 Å². The summed E-state index contributed by atoms with van der Waals surface area (Å²) in [5, 5.41) is 9.01. The van der Waals surface area contributed by atoms with Crippen molar-refractivity contribution >= 4 is 0 Å². The first kappa shape index (κ1) is 13.0. The summed E-state index contributed by atoms with van der Waals surface area (Å²) in [6.45, 7) is 0.857. The largest absolute Gasteiger partial charge is 0.313 e. The summed E-state index contributed by atoms with van der Waals surface area (Å²) in [7, 11) is 2.12. The van der Waals surface area contributed by atoms with Crippen LogP contribution in [0.15, 0.2) is 24.4 Å². The second-order valence-corrected chi connectivity index (χ2v) is 5.24. The van der Waals surface area contributed by atoms with Gasteiger partial charge in [-0.3, -0.25) is 9.88 Å². The van der Waals surface area contributed by atoms with Crippen LogP contribution in [-0.2, 0) is 6.54 Å². The fraction of sp³-hybridized carbons (Fsp3) is 0.571. The quantitative estimate of drug-likeness (QED) is 0.878. The van der Waals surface area contributed by atoms with E-state index in [9.17, 15) is 0 Å². The van der Waals surface area contributed by atoms with Gasteiger partial charge < -0.3 is 5.73 Å². The Bertz CT molecular complexity index is 415. The smallest absolute Gasteiger partial charge is 0.104 e. The van der Waals surface area contributed by atoms with Gasteiger partial charge in [0.25, 0.3) is 0 Å². The van der Waals surface area contributed by atoms with Gasteiger partial charge in [-0.2, -0.15) is 5.26 Å². The minimum absolute atomic E-state index is 0.511. The molecule has 18 heavy (non-hydrogen) atoms. The highest BCUT2D eigenvalue weighted by Crippen LogP contribution is 2.28. The molecule has 4 nitrogen and oxygen atoms in total. The van der Waals surface area contributed by atoms with Crippen molar-refractivity contribution in [3.63, 3.8) is 0 Å². The van der Waals surface area contributed by atoms with Gasteiger partial charge in [0.15, 0.2) is 0 Å². The minimum atomic E-state index is -0.595. The van der Waals surface area contributed by atoms with Gasteiger partial charge >= 0.3 is 0 Å². The summed E-state index contributed by atoms with van der Waals surface area (Å²) in [6, 6.07) is 8.73. The predicted octanol–water partition coefficient (Wildman–Crippen LogP) is 1.68. The maximum Gasteiger partial charge on any atom is 0.104 e. The number of rotatable bonds is 3. The van der Waals surface area contributed by atoms with E-state index in [-0.39, 0.29) is 0 Å². The lowest BCUT2D eigenvalue weighted by atomic mass is 9.81. The monoisotopic (exact) mass is 244 g/mol. The Morgan fingerprint density at radius 3 is 2.78 bits per heavy atom. The van der Waals surface area contributed by atoms with Crippen molar-refractivity contribution in [2.45, 2.75) is 43.8 Å². The Balaban J connectivity index is 1.89. The Hall–Kier alpha value is -1.44. The Morgan fingerprint density at radius 2 is 2.22 bits per heavy atom. The molecule has 2 N–H and O–H groups in total. The average molecular weight is 244 g/mol. The molecule has 0 bridgehead atoms. The van der Waals surface area contributed by atoms with E-state index in [2.05, 4.69) is 23.0 Å². The zero-order valence-electron chi connectivity index (χ0n) is 10.8. The zero-order chi connectivity index (χ0) is 13.0. The third-order valence-corrected chi connectivity index (χ3v) is 3.83. The number of nitrogens with two attached hydrogens (primary N) is 1. The molecule has 1 saturated carbocycles. The van der Waals surface area contributed by atoms with Gasteiger partial charge in [0, 0.05) is 18.8 Å². The molecule has 0 atom stereocenters. The molecule has 0 amide bonds. The fourth-order valence-electron chi connectivity index (χ4n) is 2.55. The second kappa shape index (κ2) is 5.47. The molecule has 0 unspecified atom stereocenters. The van der Waals surface area contributed by atoms with Crippen LogP contribution in [0.2, 0.25) is 0 Å². The Kier molecular flexibility index (Phi) is 3.95. The molecule has 1 aliphatic rings. The Morgan fingerprint density at radius 1 is 1.50 bits per heavy atom. The SMILES string of the molecule is CN(Cc1ccccn1)C1CCC(N)(C#N)CC1. The predicted molar refractivity (Wildman–Crippen MR) is 70.5 cm³/mol. The summed E-state index contributed by atoms with van der Waals surface area (Å²) >= 11 is 0. The lowest BCUT2D eigenvalue weighted by Gasteiger charge is -2.36. The van der Waals surface area contributed by atoms with Gasteiger partial charge in [-0.05, 0) is 44.9 Å². The van der Waals surface area contributed by atoms with Gasteiger partial charge in [0.1, 0.15) is 5.54 Å². The van der Waals surface area contributed by atoms with E-state index in [0.29, 0.717) is 6.04 Å². The van der Waals surface area contributed by atoms with E-state index in [0.717, 1.165) is 37.9 Å². The molecule has 0 aromatic carbocycles. The molecule has 0 aliphatic heterocycles. The van der Waals surface area contributed by atoms with Crippen LogP contribution in [0.4, 0.5) is 0 Å². The van der Waals surface area contributed by atoms with E-state index in [1.54, 1.807) is 0 Å². The normalized spacial score (nSPS) is 28.0. The fourth-order valence-corrected chi connectivity index (χ4v) is 2.55. The van der Waals surface area contributed by atoms with Crippen molar-refractivity contribution in [3.05, 3.63) is 30.1 Å². The molecule has 0 saturated heterocycles. The first-order valence-electron chi connectivity index (χ1n) is 6.43. The van der Waals surface area contributed by atoms with E-state index < -0.39 is 5.54 Å². The van der Waals surface area contributed by atoms with Crippen LogP contribution in [0.5, 0.6) is 0 Å². The zero-order valence-corrected chi connectivity index (χ0v) is 10.8. The van der Waals surface area contributed by atoms with Crippen molar-refractivity contribution in [2.75, 3.05) is 7.05 Å². The summed E-state index contributed by atoms with van der Waals surface area (Å²) in [6.07, 6.45) is 5.40. The lowest BCUT2D eigenvalue weighted by Crippen LogP contribution is -2.46. The Labute approximate surface area is 108 Å². The topological polar surface area (TPSA) is 65.9 Å². The summed E-state index contributed by atoms with van der Waals surface area (Å²) in [5.41, 5.74) is 6.47. The van der Waals surface area contributed by atoms with Crippen molar-refractivity contribution in [1.29, 1.82) is 5.26 Å². The molecule has 0 spiro atoms. The molecule has 4 heteroatoms. The van der Waals surface area contributed by atoms with E-state index in [1.807, 2.05) is 24.4 Å². The van der Waals surface area contributed by atoms with Crippen molar-refractivity contribution in [2.24, 2.45) is 5.73 Å². The molecular formula is C14H20N4. The maximum atomic E-state index is 9.01. The molecule has 1 fully saturated rings. The highest BCUT2D eigenvalue weighted by atomic mass is 15.1. The number of pyridine rings is 1. The second-order valence-electron chi connectivity index (χ2n) is 5.24. The molecule has 1 aromatic heterocycles. The number of aromatic nitrogens is 1. The molecule has 0 radical (unpaired) electrons. The van der Waals surface area contributed by atoms with Crippen molar-refractivity contribution in [1.82, 2.24) is 9.88 Å². The number of hydrogen-bond donors (Lipinski definition) is 1. The van der Waals surface area contributed by atoms with Gasteiger partial charge in [-0.1, -0.05) is 6.07 Å². The standard InChI is InChI=1S/C14H20N4/c1-18(10-12-4-2-3-9-17-12)13-5-7-14(16,11-15)8-6-13/h2-4,9,13H,5-8,10,16H2,1H3. The van der Waals surface area contributed by atoms with Gasteiger partial charge in [-0.25, -0.2) is 0 Å². The molecule has 1 heterocycles. The summed E-state index contributed by atoms with van der Waals surface area (Å²) < 4.78 is 0. The van der Waals surface area contributed by atoms with E-state index in [4.69, 9.17) is 11.0 Å². The van der Waals surface area contributed by atoms with Crippen LogP contribution < -0.4 is 5.73 Å². The minimum Gasteiger partial charge on any atom is -0.313 e. The highest BCUT2D eigenvalue weighted by molar-refractivity contribution is 5.08. The van der Waals surface area contributed by atoms with Crippen LogP contribution in [0.1, 0.15) is 31.4 Å². The summed E-state index contributed by atoms with van der Waals surface area (Å²) in [4.78, 5) is 6.66. The van der Waals surface area contributed by atoms with Gasteiger partial charge in [0.05, 0.1) is 11.8 Å². The first-order chi connectivity index (χ1) is 8.63. The van der Waals surface area contributed by atoms with Crippen molar-refractivity contribution < 1.29 is 0 Å². The lowest BCUT2D eigenvalue weighted by molar-refractivity contribution is 0.160. The van der Waals surface area contributed by atoms with Crippen LogP contribution in [0.25, 0.3) is 0 Å². The first-order valence-corrected chi connectivity index (χ1v) is 6.43. The van der Waals surface area contributed by atoms with Crippen LogP contribution in [0, 0.1) is 11.3 Å². The molecule has 2 rings (SSSR count). The number of nitriles is 1.